The summed E-state index contributed by atoms with van der Waals surface area (Å²) >= 11 is 0. The number of hydrogen-bond donors (Lipinski definition) is 4. The number of aromatic nitrogens is 3. The fourth-order valence-electron chi connectivity index (χ4n) is 1.50. The van der Waals surface area contributed by atoms with E-state index in [-0.39, 0.29) is 18.3 Å². The van der Waals surface area contributed by atoms with E-state index in [1.807, 2.05) is 0 Å². The van der Waals surface area contributed by atoms with Crippen molar-refractivity contribution in [2.75, 3.05) is 19.4 Å². The number of urea groups is 1. The fourth-order valence-corrected chi connectivity index (χ4v) is 1.50. The maximum Gasteiger partial charge on any atom is 0.321 e. The number of carboxylic acids is 1. The second-order valence-corrected chi connectivity index (χ2v) is 4.78. The molecular weight excluding hydrogens is 316 g/mol. The van der Waals surface area contributed by atoms with E-state index in [4.69, 9.17) is 10.8 Å². The highest BCUT2D eigenvalue weighted by atomic mass is 16.4. The Hall–Kier alpha value is -3.43. The van der Waals surface area contributed by atoms with Crippen LogP contribution in [0.15, 0.2) is 30.6 Å². The number of carboxylic acid groups (broad SMARTS) is 1. The molecule has 0 spiro atoms. The van der Waals surface area contributed by atoms with Crippen LogP contribution in [0, 0.1) is 0 Å². The molecule has 10 nitrogen and oxygen atoms in total. The third-order valence-corrected chi connectivity index (χ3v) is 2.58. The molecule has 0 aliphatic carbocycles. The molecular formula is C14H18N6O4. The minimum absolute atomic E-state index is 0.0185. The predicted octanol–water partition coefficient (Wildman–Crippen LogP) is 0.311. The molecule has 1 heterocycles. The van der Waals surface area contributed by atoms with Crippen molar-refractivity contribution in [1.29, 1.82) is 0 Å². The zero-order valence-electron chi connectivity index (χ0n) is 13.2. The number of nitrogens with one attached hydrogen (secondary N) is 2. The first kappa shape index (κ1) is 18.6. The van der Waals surface area contributed by atoms with E-state index in [1.165, 1.54) is 11.2 Å². The van der Waals surface area contributed by atoms with Gasteiger partial charge in [0.2, 0.25) is 5.82 Å². The monoisotopic (exact) mass is 334 g/mol. The van der Waals surface area contributed by atoms with Crippen LogP contribution in [0.5, 0.6) is 0 Å². The molecule has 0 aliphatic heterocycles. The van der Waals surface area contributed by atoms with E-state index >= 15 is 0 Å². The van der Waals surface area contributed by atoms with Crippen molar-refractivity contribution < 1.29 is 19.5 Å². The van der Waals surface area contributed by atoms with Gasteiger partial charge in [0.05, 0.1) is 6.42 Å². The van der Waals surface area contributed by atoms with Crippen LogP contribution >= 0.6 is 0 Å². The number of benzene rings is 1. The summed E-state index contributed by atoms with van der Waals surface area (Å²) in [5, 5.41) is 17.0. The second kappa shape index (κ2) is 8.88. The maximum atomic E-state index is 11.3. The number of amides is 3. The number of nitrogens with two attached hydrogens (primary N) is 1. The lowest BCUT2D eigenvalue weighted by Crippen LogP contribution is -2.27. The number of carbonyl (C=O) groups excluding carboxylic acids is 2. The molecule has 3 amide bonds. The maximum absolute atomic E-state index is 11.3. The van der Waals surface area contributed by atoms with Gasteiger partial charge in [0.1, 0.15) is 6.33 Å². The van der Waals surface area contributed by atoms with Crippen molar-refractivity contribution in [3.05, 3.63) is 42.0 Å². The molecule has 128 valence electrons. The largest absolute Gasteiger partial charge is 0.481 e. The standard InChI is InChI=1S/C11H14N2O3.C3H4N4O/c1-13(2)11(16)12-9-5-3-4-8(6-9)7-10(14)15;4-2(8)3-5-1-6-7-3/h3-6H,7H2,1-2H3,(H,12,16)(H,14,15);1H,(H2,4,8)(H,5,6,7). The Morgan fingerprint density at radius 2 is 2.04 bits per heavy atom. The lowest BCUT2D eigenvalue weighted by molar-refractivity contribution is -0.136. The quantitative estimate of drug-likeness (QED) is 0.631. The number of hydrogen-bond acceptors (Lipinski definition) is 5. The zero-order chi connectivity index (χ0) is 18.1. The van der Waals surface area contributed by atoms with E-state index in [0.717, 1.165) is 0 Å². The van der Waals surface area contributed by atoms with Gasteiger partial charge < -0.3 is 21.1 Å². The molecule has 0 unspecified atom stereocenters. The average molecular weight is 334 g/mol. The van der Waals surface area contributed by atoms with Crippen molar-refractivity contribution in [3.8, 4) is 0 Å². The highest BCUT2D eigenvalue weighted by molar-refractivity contribution is 5.89. The van der Waals surface area contributed by atoms with E-state index in [1.54, 1.807) is 38.4 Å². The Bertz CT molecular complexity index is 699. The number of H-pyrrole nitrogens is 1. The zero-order valence-corrected chi connectivity index (χ0v) is 13.2. The Morgan fingerprint density at radius 3 is 2.50 bits per heavy atom. The molecule has 5 N–H and O–H groups in total. The van der Waals surface area contributed by atoms with E-state index in [2.05, 4.69) is 20.5 Å². The van der Waals surface area contributed by atoms with Gasteiger partial charge >= 0.3 is 12.0 Å². The molecule has 0 bridgehead atoms. The van der Waals surface area contributed by atoms with Crippen LogP contribution in [0.2, 0.25) is 0 Å². The van der Waals surface area contributed by atoms with Gasteiger partial charge in [0.25, 0.3) is 5.91 Å². The van der Waals surface area contributed by atoms with Crippen LogP contribution in [0.3, 0.4) is 0 Å². The van der Waals surface area contributed by atoms with E-state index in [0.29, 0.717) is 11.3 Å². The lowest BCUT2D eigenvalue weighted by atomic mass is 10.1. The first-order chi connectivity index (χ1) is 11.3. The minimum atomic E-state index is -0.893. The Kier molecular flexibility index (Phi) is 6.89. The Balaban J connectivity index is 0.000000300. The molecule has 0 atom stereocenters. The molecule has 0 aliphatic rings. The molecule has 0 saturated carbocycles. The smallest absolute Gasteiger partial charge is 0.321 e. The number of primary amides is 1. The van der Waals surface area contributed by atoms with Gasteiger partial charge in [-0.2, -0.15) is 0 Å². The van der Waals surface area contributed by atoms with Crippen LogP contribution in [-0.2, 0) is 11.2 Å². The normalized spacial score (nSPS) is 9.42. The minimum Gasteiger partial charge on any atom is -0.481 e. The summed E-state index contributed by atoms with van der Waals surface area (Å²) in [4.78, 5) is 36.9. The van der Waals surface area contributed by atoms with Gasteiger partial charge in [0, 0.05) is 19.8 Å². The molecule has 0 saturated heterocycles. The van der Waals surface area contributed by atoms with Crippen molar-refractivity contribution in [2.24, 2.45) is 5.73 Å². The van der Waals surface area contributed by atoms with Crippen LogP contribution in [0.1, 0.15) is 16.2 Å². The molecule has 1 aromatic carbocycles. The van der Waals surface area contributed by atoms with E-state index in [9.17, 15) is 14.4 Å². The summed E-state index contributed by atoms with van der Waals surface area (Å²) in [5.74, 6) is -1.49. The number of aromatic amines is 1. The van der Waals surface area contributed by atoms with Crippen molar-refractivity contribution >= 4 is 23.6 Å². The third-order valence-electron chi connectivity index (χ3n) is 2.58. The van der Waals surface area contributed by atoms with Gasteiger partial charge in [0.15, 0.2) is 0 Å². The van der Waals surface area contributed by atoms with Crippen LogP contribution < -0.4 is 11.1 Å². The van der Waals surface area contributed by atoms with Gasteiger partial charge in [-0.3, -0.25) is 14.7 Å². The number of nitrogens with zero attached hydrogens (tertiary/aromatic N) is 3. The summed E-state index contributed by atoms with van der Waals surface area (Å²) in [7, 11) is 3.27. The van der Waals surface area contributed by atoms with E-state index < -0.39 is 11.9 Å². The molecule has 2 aromatic rings. The first-order valence-electron chi connectivity index (χ1n) is 6.74. The molecule has 24 heavy (non-hydrogen) atoms. The van der Waals surface area contributed by atoms with Gasteiger partial charge in [-0.25, -0.2) is 9.78 Å². The van der Waals surface area contributed by atoms with Gasteiger partial charge in [-0.15, -0.1) is 5.10 Å². The molecule has 2 rings (SSSR count). The highest BCUT2D eigenvalue weighted by Gasteiger charge is 2.05. The van der Waals surface area contributed by atoms with Crippen LogP contribution in [0.4, 0.5) is 10.5 Å². The lowest BCUT2D eigenvalue weighted by Gasteiger charge is -2.12. The number of aliphatic carboxylic acids is 1. The summed E-state index contributed by atoms with van der Waals surface area (Å²) < 4.78 is 0. The van der Waals surface area contributed by atoms with Crippen molar-refractivity contribution in [2.45, 2.75) is 6.42 Å². The molecule has 0 radical (unpaired) electrons. The highest BCUT2D eigenvalue weighted by Crippen LogP contribution is 2.11. The van der Waals surface area contributed by atoms with Gasteiger partial charge in [-0.05, 0) is 17.7 Å². The fraction of sp³-hybridized carbons (Fsp3) is 0.214. The Labute approximate surface area is 137 Å². The van der Waals surface area contributed by atoms with Crippen molar-refractivity contribution in [3.63, 3.8) is 0 Å². The average Bonchev–Trinajstić information content (AvgIpc) is 3.02. The number of carbonyl (C=O) groups is 3. The van der Waals surface area contributed by atoms with Crippen molar-refractivity contribution in [1.82, 2.24) is 20.1 Å². The first-order valence-corrected chi connectivity index (χ1v) is 6.74. The molecule has 10 heteroatoms. The predicted molar refractivity (Wildman–Crippen MR) is 85.4 cm³/mol. The summed E-state index contributed by atoms with van der Waals surface area (Å²) in [5.41, 5.74) is 6.03. The van der Waals surface area contributed by atoms with Crippen LogP contribution in [0.25, 0.3) is 0 Å². The number of rotatable bonds is 4. The summed E-state index contributed by atoms with van der Waals surface area (Å²) in [6.07, 6.45) is 1.24. The molecule has 1 aromatic heterocycles. The second-order valence-electron chi connectivity index (χ2n) is 4.78. The molecule has 0 fully saturated rings. The van der Waals surface area contributed by atoms with Gasteiger partial charge in [-0.1, -0.05) is 12.1 Å². The Morgan fingerprint density at radius 1 is 1.33 bits per heavy atom. The SMILES string of the molecule is CN(C)C(=O)Nc1cccc(CC(=O)O)c1.NC(=O)c1nc[nH]n1. The summed E-state index contributed by atoms with van der Waals surface area (Å²) in [6.45, 7) is 0. The topological polar surface area (TPSA) is 154 Å². The third kappa shape index (κ3) is 6.56. The van der Waals surface area contributed by atoms with Crippen LogP contribution in [-0.4, -0.2) is 57.2 Å². The summed E-state index contributed by atoms with van der Waals surface area (Å²) in [6, 6.07) is 6.54. The number of anilines is 1.